The molecule has 0 aliphatic carbocycles. The third kappa shape index (κ3) is 11.2. The summed E-state index contributed by atoms with van der Waals surface area (Å²) in [4.78, 5) is 6.74. The van der Waals surface area contributed by atoms with Crippen molar-refractivity contribution >= 4 is 41.7 Å². The zero-order valence-electron chi connectivity index (χ0n) is 14.7. The highest BCUT2D eigenvalue weighted by Crippen LogP contribution is 2.07. The molecule has 0 radical (unpaired) electrons. The van der Waals surface area contributed by atoms with Crippen LogP contribution in [-0.4, -0.2) is 74.8 Å². The van der Waals surface area contributed by atoms with Crippen molar-refractivity contribution in [3.63, 3.8) is 0 Å². The van der Waals surface area contributed by atoms with Crippen LogP contribution in [0, 0.1) is 5.92 Å². The smallest absolute Gasteiger partial charge is 0.191 e. The Balaban J connectivity index is 0.00000484. The SMILES string of the molecule is C=CCSCCNC(=NC)NCC1CN(CC(C)C)CCO1.I. The summed E-state index contributed by atoms with van der Waals surface area (Å²) in [7, 11) is 1.80. The fourth-order valence-corrected chi connectivity index (χ4v) is 3.01. The molecule has 5 nitrogen and oxygen atoms in total. The van der Waals surface area contributed by atoms with E-state index >= 15 is 0 Å². The zero-order valence-corrected chi connectivity index (χ0v) is 17.9. The van der Waals surface area contributed by atoms with E-state index in [0.29, 0.717) is 5.92 Å². The molecule has 1 rings (SSSR count). The van der Waals surface area contributed by atoms with E-state index in [2.05, 4.69) is 41.0 Å². The Hall–Kier alpha value is 0.01000. The van der Waals surface area contributed by atoms with Gasteiger partial charge in [-0.2, -0.15) is 11.8 Å². The molecule has 7 heteroatoms. The van der Waals surface area contributed by atoms with E-state index in [1.54, 1.807) is 7.05 Å². The van der Waals surface area contributed by atoms with Gasteiger partial charge in [-0.3, -0.25) is 9.89 Å². The molecule has 0 spiro atoms. The normalized spacial score (nSPS) is 19.3. The molecule has 0 aromatic heterocycles. The van der Waals surface area contributed by atoms with Gasteiger partial charge in [-0.25, -0.2) is 0 Å². The molecule has 0 aromatic rings. The van der Waals surface area contributed by atoms with Crippen LogP contribution >= 0.6 is 35.7 Å². The second-order valence-electron chi connectivity index (χ2n) is 5.89. The average molecular weight is 456 g/mol. The highest BCUT2D eigenvalue weighted by molar-refractivity contribution is 14.0. The van der Waals surface area contributed by atoms with Crippen LogP contribution in [0.4, 0.5) is 0 Å². The van der Waals surface area contributed by atoms with Gasteiger partial charge < -0.3 is 15.4 Å². The minimum atomic E-state index is 0. The van der Waals surface area contributed by atoms with Crippen LogP contribution in [0.2, 0.25) is 0 Å². The first kappa shape index (κ1) is 23.0. The molecule has 23 heavy (non-hydrogen) atoms. The third-order valence-electron chi connectivity index (χ3n) is 3.34. The second kappa shape index (κ2) is 14.4. The first-order valence-electron chi connectivity index (χ1n) is 8.12. The van der Waals surface area contributed by atoms with Crippen molar-refractivity contribution in [2.45, 2.75) is 20.0 Å². The molecule has 1 fully saturated rings. The number of ether oxygens (including phenoxy) is 1. The lowest BCUT2D eigenvalue weighted by molar-refractivity contribution is -0.0284. The van der Waals surface area contributed by atoms with Gasteiger partial charge in [-0.1, -0.05) is 19.9 Å². The summed E-state index contributed by atoms with van der Waals surface area (Å²) in [6.07, 6.45) is 2.17. The standard InChI is InChI=1S/C16H32N4OS.HI/c1-5-9-22-10-6-18-16(17-4)19-11-15-13-20(7-8-21-15)12-14(2)3;/h5,14-15H,1,6-13H2,2-4H3,(H2,17,18,19);1H. The summed E-state index contributed by atoms with van der Waals surface area (Å²) in [6, 6.07) is 0. The number of rotatable bonds is 9. The first-order valence-corrected chi connectivity index (χ1v) is 9.28. The van der Waals surface area contributed by atoms with Gasteiger partial charge >= 0.3 is 0 Å². The van der Waals surface area contributed by atoms with E-state index in [-0.39, 0.29) is 30.1 Å². The molecule has 0 bridgehead atoms. The van der Waals surface area contributed by atoms with Crippen LogP contribution < -0.4 is 10.6 Å². The van der Waals surface area contributed by atoms with Crippen molar-refractivity contribution in [1.82, 2.24) is 15.5 Å². The fourth-order valence-electron chi connectivity index (χ4n) is 2.43. The summed E-state index contributed by atoms with van der Waals surface area (Å²) in [6.45, 7) is 14.0. The Labute approximate surface area is 163 Å². The quantitative estimate of drug-likeness (QED) is 0.183. The van der Waals surface area contributed by atoms with Gasteiger partial charge in [0.05, 0.1) is 12.7 Å². The Morgan fingerprint density at radius 1 is 1.48 bits per heavy atom. The molecular weight excluding hydrogens is 423 g/mol. The van der Waals surface area contributed by atoms with Crippen molar-refractivity contribution in [2.75, 3.05) is 57.9 Å². The number of hydrogen-bond donors (Lipinski definition) is 2. The lowest BCUT2D eigenvalue weighted by Gasteiger charge is -2.34. The number of hydrogen-bond acceptors (Lipinski definition) is 4. The molecule has 0 saturated carbocycles. The van der Waals surface area contributed by atoms with Gasteiger partial charge in [-0.15, -0.1) is 30.6 Å². The summed E-state index contributed by atoms with van der Waals surface area (Å²) < 4.78 is 5.84. The van der Waals surface area contributed by atoms with E-state index in [1.807, 2.05) is 17.8 Å². The number of nitrogens with zero attached hydrogens (tertiary/aromatic N) is 2. The lowest BCUT2D eigenvalue weighted by Crippen LogP contribution is -2.50. The van der Waals surface area contributed by atoms with E-state index in [9.17, 15) is 0 Å². The maximum Gasteiger partial charge on any atom is 0.191 e. The van der Waals surface area contributed by atoms with Crippen molar-refractivity contribution in [2.24, 2.45) is 10.9 Å². The maximum atomic E-state index is 5.84. The van der Waals surface area contributed by atoms with Crippen LogP contribution in [0.15, 0.2) is 17.6 Å². The van der Waals surface area contributed by atoms with E-state index in [1.165, 1.54) is 0 Å². The monoisotopic (exact) mass is 456 g/mol. The Bertz CT molecular complexity index is 342. The molecule has 0 aromatic carbocycles. The average Bonchev–Trinajstić information content (AvgIpc) is 2.50. The molecule has 1 heterocycles. The number of guanidine groups is 1. The summed E-state index contributed by atoms with van der Waals surface area (Å²) in [5, 5.41) is 6.69. The summed E-state index contributed by atoms with van der Waals surface area (Å²) >= 11 is 1.86. The van der Waals surface area contributed by atoms with E-state index < -0.39 is 0 Å². The minimum absolute atomic E-state index is 0. The number of nitrogens with one attached hydrogen (secondary N) is 2. The predicted molar refractivity (Wildman–Crippen MR) is 113 cm³/mol. The van der Waals surface area contributed by atoms with Crippen molar-refractivity contribution < 1.29 is 4.74 Å². The molecule has 1 unspecified atom stereocenters. The van der Waals surface area contributed by atoms with Gasteiger partial charge in [0, 0.05) is 51.3 Å². The Kier molecular flexibility index (Phi) is 14.4. The highest BCUT2D eigenvalue weighted by Gasteiger charge is 2.20. The van der Waals surface area contributed by atoms with Crippen LogP contribution in [0.3, 0.4) is 0 Å². The van der Waals surface area contributed by atoms with E-state index in [4.69, 9.17) is 4.74 Å². The van der Waals surface area contributed by atoms with Gasteiger partial charge in [-0.05, 0) is 5.92 Å². The predicted octanol–water partition coefficient (Wildman–Crippen LogP) is 2.05. The summed E-state index contributed by atoms with van der Waals surface area (Å²) in [5.74, 6) is 3.60. The topological polar surface area (TPSA) is 48.9 Å². The highest BCUT2D eigenvalue weighted by atomic mass is 127. The Morgan fingerprint density at radius 2 is 2.26 bits per heavy atom. The van der Waals surface area contributed by atoms with Crippen LogP contribution in [0.5, 0.6) is 0 Å². The van der Waals surface area contributed by atoms with Crippen molar-refractivity contribution in [3.8, 4) is 0 Å². The molecule has 1 aliphatic heterocycles. The number of halogens is 1. The van der Waals surface area contributed by atoms with Gasteiger partial charge in [0.15, 0.2) is 5.96 Å². The third-order valence-corrected chi connectivity index (χ3v) is 4.31. The van der Waals surface area contributed by atoms with Crippen LogP contribution in [0.25, 0.3) is 0 Å². The van der Waals surface area contributed by atoms with Crippen LogP contribution in [-0.2, 0) is 4.74 Å². The van der Waals surface area contributed by atoms with Crippen molar-refractivity contribution in [1.29, 1.82) is 0 Å². The first-order chi connectivity index (χ1) is 10.7. The molecule has 1 saturated heterocycles. The zero-order chi connectivity index (χ0) is 16.2. The number of aliphatic imine (C=N–C) groups is 1. The molecule has 1 aliphatic rings. The number of thioether (sulfide) groups is 1. The van der Waals surface area contributed by atoms with E-state index in [0.717, 1.165) is 56.8 Å². The molecule has 0 amide bonds. The molecule has 136 valence electrons. The molecule has 2 N–H and O–H groups in total. The van der Waals surface area contributed by atoms with Crippen molar-refractivity contribution in [3.05, 3.63) is 12.7 Å². The second-order valence-corrected chi connectivity index (χ2v) is 7.04. The van der Waals surface area contributed by atoms with Gasteiger partial charge in [0.2, 0.25) is 0 Å². The molecular formula is C16H33IN4OS. The minimum Gasteiger partial charge on any atom is -0.374 e. The van der Waals surface area contributed by atoms with Crippen LogP contribution in [0.1, 0.15) is 13.8 Å². The van der Waals surface area contributed by atoms with Gasteiger partial charge in [0.25, 0.3) is 0 Å². The maximum absolute atomic E-state index is 5.84. The largest absolute Gasteiger partial charge is 0.374 e. The lowest BCUT2D eigenvalue weighted by atomic mass is 10.2. The number of morpholine rings is 1. The van der Waals surface area contributed by atoms with Gasteiger partial charge in [0.1, 0.15) is 0 Å². The Morgan fingerprint density at radius 3 is 2.91 bits per heavy atom. The molecule has 1 atom stereocenters. The summed E-state index contributed by atoms with van der Waals surface area (Å²) in [5.41, 5.74) is 0. The fraction of sp³-hybridized carbons (Fsp3) is 0.812.